The van der Waals surface area contributed by atoms with Crippen LogP contribution in [0.1, 0.15) is 11.5 Å². The highest BCUT2D eigenvalue weighted by Gasteiger charge is 2.08. The summed E-state index contributed by atoms with van der Waals surface area (Å²) in [7, 11) is 0. The molecule has 0 aliphatic heterocycles. The number of oxazole rings is 1. The summed E-state index contributed by atoms with van der Waals surface area (Å²) in [6.45, 7) is 1.75. The predicted octanol–water partition coefficient (Wildman–Crippen LogP) is 1.82. The van der Waals surface area contributed by atoms with Gasteiger partial charge in [-0.25, -0.2) is 9.37 Å². The van der Waals surface area contributed by atoms with Crippen molar-refractivity contribution in [1.82, 2.24) is 10.3 Å². The molecule has 1 aromatic heterocycles. The Kier molecular flexibility index (Phi) is 4.12. The number of hydrogen-bond acceptors (Lipinski definition) is 4. The molecule has 19 heavy (non-hydrogen) atoms. The van der Waals surface area contributed by atoms with E-state index in [1.165, 1.54) is 18.5 Å². The van der Waals surface area contributed by atoms with Crippen molar-refractivity contribution in [3.05, 3.63) is 47.9 Å². The standard InChI is InChI=1S/C13H13FN2O3/c1-9-12(19-8-16-9)6-15-13(17)7-18-11-5-3-2-4-10(11)14/h2-5,8H,6-7H2,1H3,(H,15,17). The Labute approximate surface area is 109 Å². The van der Waals surface area contributed by atoms with Gasteiger partial charge in [-0.3, -0.25) is 4.79 Å². The summed E-state index contributed by atoms with van der Waals surface area (Å²) in [5.41, 5.74) is 0.718. The molecular formula is C13H13FN2O3. The average molecular weight is 264 g/mol. The zero-order valence-corrected chi connectivity index (χ0v) is 10.4. The van der Waals surface area contributed by atoms with Gasteiger partial charge in [0.1, 0.15) is 5.76 Å². The molecule has 0 saturated heterocycles. The number of carbonyl (C=O) groups is 1. The maximum atomic E-state index is 13.2. The molecule has 0 atom stereocenters. The third-order valence-electron chi connectivity index (χ3n) is 2.49. The fourth-order valence-electron chi connectivity index (χ4n) is 1.43. The zero-order chi connectivity index (χ0) is 13.7. The van der Waals surface area contributed by atoms with E-state index in [0.717, 1.165) is 5.69 Å². The average Bonchev–Trinajstić information content (AvgIpc) is 2.81. The SMILES string of the molecule is Cc1ncoc1CNC(=O)COc1ccccc1F. The van der Waals surface area contributed by atoms with Crippen LogP contribution < -0.4 is 10.1 Å². The second-order valence-corrected chi connectivity index (χ2v) is 3.86. The summed E-state index contributed by atoms with van der Waals surface area (Å²) < 4.78 is 23.4. The number of benzene rings is 1. The predicted molar refractivity (Wildman–Crippen MR) is 65.0 cm³/mol. The molecule has 5 nitrogen and oxygen atoms in total. The number of rotatable bonds is 5. The smallest absolute Gasteiger partial charge is 0.258 e. The lowest BCUT2D eigenvalue weighted by Gasteiger charge is -2.07. The molecule has 0 aliphatic rings. The van der Waals surface area contributed by atoms with Crippen LogP contribution in [0.25, 0.3) is 0 Å². The van der Waals surface area contributed by atoms with Gasteiger partial charge in [-0.1, -0.05) is 12.1 Å². The Balaban J connectivity index is 1.79. The summed E-state index contributed by atoms with van der Waals surface area (Å²) in [4.78, 5) is 15.4. The van der Waals surface area contributed by atoms with E-state index < -0.39 is 5.82 Å². The van der Waals surface area contributed by atoms with Gasteiger partial charge >= 0.3 is 0 Å². The first-order valence-electron chi connectivity index (χ1n) is 5.70. The Morgan fingerprint density at radius 3 is 2.95 bits per heavy atom. The highest BCUT2D eigenvalue weighted by Crippen LogP contribution is 2.14. The van der Waals surface area contributed by atoms with Gasteiger partial charge in [0.15, 0.2) is 24.6 Å². The van der Waals surface area contributed by atoms with E-state index in [4.69, 9.17) is 9.15 Å². The molecule has 0 radical (unpaired) electrons. The molecule has 1 N–H and O–H groups in total. The third kappa shape index (κ3) is 3.54. The molecule has 0 fully saturated rings. The first kappa shape index (κ1) is 13.1. The highest BCUT2D eigenvalue weighted by molar-refractivity contribution is 5.77. The van der Waals surface area contributed by atoms with Crippen molar-refractivity contribution in [3.63, 3.8) is 0 Å². The van der Waals surface area contributed by atoms with Crippen molar-refractivity contribution in [2.24, 2.45) is 0 Å². The van der Waals surface area contributed by atoms with Gasteiger partial charge in [0.2, 0.25) is 0 Å². The van der Waals surface area contributed by atoms with E-state index in [1.54, 1.807) is 19.1 Å². The van der Waals surface area contributed by atoms with Crippen LogP contribution >= 0.6 is 0 Å². The molecule has 0 spiro atoms. The number of amides is 1. The number of carbonyl (C=O) groups excluding carboxylic acids is 1. The fourth-order valence-corrected chi connectivity index (χ4v) is 1.43. The molecule has 1 heterocycles. The minimum Gasteiger partial charge on any atom is -0.481 e. The maximum Gasteiger partial charge on any atom is 0.258 e. The molecule has 0 bridgehead atoms. The van der Waals surface area contributed by atoms with E-state index in [1.807, 2.05) is 0 Å². The van der Waals surface area contributed by atoms with Crippen molar-refractivity contribution in [2.75, 3.05) is 6.61 Å². The van der Waals surface area contributed by atoms with Crippen LogP contribution in [0.3, 0.4) is 0 Å². The number of aromatic nitrogens is 1. The van der Waals surface area contributed by atoms with Crippen LogP contribution in [0.15, 0.2) is 35.1 Å². The van der Waals surface area contributed by atoms with Gasteiger partial charge in [-0.05, 0) is 19.1 Å². The number of aryl methyl sites for hydroxylation is 1. The lowest BCUT2D eigenvalue weighted by atomic mass is 10.3. The zero-order valence-electron chi connectivity index (χ0n) is 10.4. The Morgan fingerprint density at radius 2 is 2.26 bits per heavy atom. The van der Waals surface area contributed by atoms with Crippen LogP contribution in [-0.2, 0) is 11.3 Å². The summed E-state index contributed by atoms with van der Waals surface area (Å²) in [5, 5.41) is 2.60. The number of halogens is 1. The van der Waals surface area contributed by atoms with Crippen molar-refractivity contribution < 1.29 is 18.3 Å². The number of ether oxygens (including phenoxy) is 1. The molecule has 1 aromatic carbocycles. The van der Waals surface area contributed by atoms with E-state index in [9.17, 15) is 9.18 Å². The maximum absolute atomic E-state index is 13.2. The molecular weight excluding hydrogens is 251 g/mol. The van der Waals surface area contributed by atoms with Gasteiger partial charge in [-0.15, -0.1) is 0 Å². The topological polar surface area (TPSA) is 64.4 Å². The lowest BCUT2D eigenvalue weighted by Crippen LogP contribution is -2.28. The largest absolute Gasteiger partial charge is 0.481 e. The van der Waals surface area contributed by atoms with Crippen LogP contribution in [-0.4, -0.2) is 17.5 Å². The van der Waals surface area contributed by atoms with Crippen molar-refractivity contribution >= 4 is 5.91 Å². The summed E-state index contributed by atoms with van der Waals surface area (Å²) >= 11 is 0. The molecule has 1 amide bonds. The van der Waals surface area contributed by atoms with Crippen molar-refractivity contribution in [1.29, 1.82) is 0 Å². The lowest BCUT2D eigenvalue weighted by molar-refractivity contribution is -0.123. The normalized spacial score (nSPS) is 10.2. The third-order valence-corrected chi connectivity index (χ3v) is 2.49. The summed E-state index contributed by atoms with van der Waals surface area (Å²) in [6.07, 6.45) is 1.31. The van der Waals surface area contributed by atoms with Gasteiger partial charge in [0.25, 0.3) is 5.91 Å². The van der Waals surface area contributed by atoms with Gasteiger partial charge in [-0.2, -0.15) is 0 Å². The monoisotopic (exact) mass is 264 g/mol. The number of hydrogen-bond donors (Lipinski definition) is 1. The second-order valence-electron chi connectivity index (χ2n) is 3.86. The van der Waals surface area contributed by atoms with E-state index in [2.05, 4.69) is 10.3 Å². The minimum absolute atomic E-state index is 0.0495. The van der Waals surface area contributed by atoms with Crippen LogP contribution in [0, 0.1) is 12.7 Å². The molecule has 0 unspecified atom stereocenters. The quantitative estimate of drug-likeness (QED) is 0.894. The number of nitrogens with one attached hydrogen (secondary N) is 1. The molecule has 2 rings (SSSR count). The Bertz CT molecular complexity index is 569. The van der Waals surface area contributed by atoms with Gasteiger partial charge < -0.3 is 14.5 Å². The summed E-state index contributed by atoms with van der Waals surface area (Å²) in [5.74, 6) is -0.229. The van der Waals surface area contributed by atoms with E-state index in [-0.39, 0.29) is 24.8 Å². The van der Waals surface area contributed by atoms with Crippen molar-refractivity contribution in [3.8, 4) is 5.75 Å². The van der Waals surface area contributed by atoms with Gasteiger partial charge in [0, 0.05) is 0 Å². The molecule has 0 aliphatic carbocycles. The first-order valence-corrected chi connectivity index (χ1v) is 5.70. The minimum atomic E-state index is -0.499. The summed E-state index contributed by atoms with van der Waals surface area (Å²) in [6, 6.07) is 5.91. The number of nitrogens with zero attached hydrogens (tertiary/aromatic N) is 1. The van der Waals surface area contributed by atoms with Crippen LogP contribution in [0.2, 0.25) is 0 Å². The molecule has 0 saturated carbocycles. The molecule has 2 aromatic rings. The van der Waals surface area contributed by atoms with E-state index in [0.29, 0.717) is 5.76 Å². The van der Waals surface area contributed by atoms with Gasteiger partial charge in [0.05, 0.1) is 12.2 Å². The highest BCUT2D eigenvalue weighted by atomic mass is 19.1. The Morgan fingerprint density at radius 1 is 1.47 bits per heavy atom. The Hall–Kier alpha value is -2.37. The van der Waals surface area contributed by atoms with Crippen molar-refractivity contribution in [2.45, 2.75) is 13.5 Å². The van der Waals surface area contributed by atoms with Crippen LogP contribution in [0.4, 0.5) is 4.39 Å². The molecule has 6 heteroatoms. The molecule has 100 valence electrons. The fraction of sp³-hybridized carbons (Fsp3) is 0.231. The van der Waals surface area contributed by atoms with E-state index >= 15 is 0 Å². The second kappa shape index (κ2) is 5.99. The number of para-hydroxylation sites is 1. The first-order chi connectivity index (χ1) is 9.16. The van der Waals surface area contributed by atoms with Crippen LogP contribution in [0.5, 0.6) is 5.75 Å².